The Balaban J connectivity index is 2.55. The third kappa shape index (κ3) is 5.16. The lowest BCUT2D eigenvalue weighted by Crippen LogP contribution is -2.48. The van der Waals surface area contributed by atoms with Crippen molar-refractivity contribution >= 4 is 11.8 Å². The minimum Gasteiger partial charge on any atom is -0.383 e. The van der Waals surface area contributed by atoms with Gasteiger partial charge in [-0.3, -0.25) is 4.90 Å². The van der Waals surface area contributed by atoms with Crippen LogP contribution in [0.15, 0.2) is 0 Å². The van der Waals surface area contributed by atoms with Crippen molar-refractivity contribution in [2.24, 2.45) is 17.6 Å². The second-order valence-electron chi connectivity index (χ2n) is 5.31. The molecule has 1 saturated heterocycles. The molecule has 2 N–H and O–H groups in total. The Hall–Kier alpha value is 0.230. The fourth-order valence-corrected chi connectivity index (χ4v) is 3.89. The van der Waals surface area contributed by atoms with E-state index in [2.05, 4.69) is 30.5 Å². The highest BCUT2D eigenvalue weighted by molar-refractivity contribution is 7.99. The normalized spacial score (nSPS) is 22.6. The highest BCUT2D eigenvalue weighted by atomic mass is 32.2. The molecule has 3 nitrogen and oxygen atoms in total. The van der Waals surface area contributed by atoms with Crippen molar-refractivity contribution in [1.82, 2.24) is 4.90 Å². The summed E-state index contributed by atoms with van der Waals surface area (Å²) in [6.45, 7) is 8.28. The summed E-state index contributed by atoms with van der Waals surface area (Å²) >= 11 is 2.07. The Kier molecular flexibility index (Phi) is 7.51. The van der Waals surface area contributed by atoms with Gasteiger partial charge in [0, 0.05) is 32.8 Å². The molecule has 0 aromatic heterocycles. The summed E-state index contributed by atoms with van der Waals surface area (Å²) < 4.78 is 5.22. The lowest BCUT2D eigenvalue weighted by Gasteiger charge is -2.35. The molecule has 0 aliphatic carbocycles. The molecule has 0 aromatic rings. The van der Waals surface area contributed by atoms with Gasteiger partial charge in [0.05, 0.1) is 6.61 Å². The second kappa shape index (κ2) is 8.35. The summed E-state index contributed by atoms with van der Waals surface area (Å²) in [6, 6.07) is 0.544. The van der Waals surface area contributed by atoms with E-state index in [4.69, 9.17) is 10.5 Å². The quantitative estimate of drug-likeness (QED) is 0.720. The molecule has 2 atom stereocenters. The zero-order valence-electron chi connectivity index (χ0n) is 11.5. The average molecular weight is 260 g/mol. The maximum Gasteiger partial charge on any atom is 0.0589 e. The highest BCUT2D eigenvalue weighted by Crippen LogP contribution is 2.28. The van der Waals surface area contributed by atoms with Crippen LogP contribution in [0.2, 0.25) is 0 Å². The number of hydrogen-bond donors (Lipinski definition) is 1. The van der Waals surface area contributed by atoms with Crippen LogP contribution in [0.3, 0.4) is 0 Å². The Morgan fingerprint density at radius 2 is 2.24 bits per heavy atom. The molecule has 0 amide bonds. The van der Waals surface area contributed by atoms with Gasteiger partial charge in [-0.15, -0.1) is 0 Å². The van der Waals surface area contributed by atoms with E-state index in [9.17, 15) is 0 Å². The molecular weight excluding hydrogens is 232 g/mol. The van der Waals surface area contributed by atoms with E-state index in [0.717, 1.165) is 32.2 Å². The smallest absolute Gasteiger partial charge is 0.0589 e. The maximum absolute atomic E-state index is 6.01. The lowest BCUT2D eigenvalue weighted by atomic mass is 9.96. The monoisotopic (exact) mass is 260 g/mol. The van der Waals surface area contributed by atoms with Crippen LogP contribution in [-0.4, -0.2) is 55.8 Å². The molecule has 1 rings (SSSR count). The topological polar surface area (TPSA) is 38.5 Å². The number of rotatable bonds is 8. The van der Waals surface area contributed by atoms with Crippen LogP contribution in [0, 0.1) is 11.8 Å². The Labute approximate surface area is 110 Å². The van der Waals surface area contributed by atoms with Crippen molar-refractivity contribution in [1.29, 1.82) is 0 Å². The number of methoxy groups -OCH3 is 1. The largest absolute Gasteiger partial charge is 0.383 e. The molecule has 1 heterocycles. The van der Waals surface area contributed by atoms with E-state index >= 15 is 0 Å². The Morgan fingerprint density at radius 3 is 2.71 bits per heavy atom. The van der Waals surface area contributed by atoms with Crippen LogP contribution < -0.4 is 5.73 Å². The highest BCUT2D eigenvalue weighted by Gasteiger charge is 2.29. The third-order valence-electron chi connectivity index (χ3n) is 3.40. The summed E-state index contributed by atoms with van der Waals surface area (Å²) in [5.74, 6) is 4.06. The van der Waals surface area contributed by atoms with E-state index in [0.29, 0.717) is 12.0 Å². The van der Waals surface area contributed by atoms with Gasteiger partial charge >= 0.3 is 0 Å². The van der Waals surface area contributed by atoms with Gasteiger partial charge in [0.15, 0.2) is 0 Å². The average Bonchev–Trinajstić information content (AvgIpc) is 2.79. The molecule has 1 aliphatic heterocycles. The molecule has 102 valence electrons. The first-order chi connectivity index (χ1) is 8.19. The first-order valence-electron chi connectivity index (χ1n) is 6.69. The van der Waals surface area contributed by atoms with Crippen molar-refractivity contribution in [3.8, 4) is 0 Å². The van der Waals surface area contributed by atoms with E-state index < -0.39 is 0 Å². The number of ether oxygens (including phenoxy) is 1. The van der Waals surface area contributed by atoms with Gasteiger partial charge in [-0.1, -0.05) is 13.8 Å². The van der Waals surface area contributed by atoms with Crippen LogP contribution in [0.1, 0.15) is 20.3 Å². The van der Waals surface area contributed by atoms with Gasteiger partial charge in [-0.05, 0) is 29.8 Å². The molecule has 0 saturated carbocycles. The fraction of sp³-hybridized carbons (Fsp3) is 1.00. The van der Waals surface area contributed by atoms with Crippen LogP contribution in [0.25, 0.3) is 0 Å². The van der Waals surface area contributed by atoms with Crippen molar-refractivity contribution < 1.29 is 4.74 Å². The first kappa shape index (κ1) is 15.3. The minimum atomic E-state index is 0.544. The van der Waals surface area contributed by atoms with Crippen molar-refractivity contribution in [3.05, 3.63) is 0 Å². The molecule has 0 aromatic carbocycles. The van der Waals surface area contributed by atoms with Crippen LogP contribution in [-0.2, 0) is 4.74 Å². The van der Waals surface area contributed by atoms with Gasteiger partial charge < -0.3 is 10.5 Å². The summed E-state index contributed by atoms with van der Waals surface area (Å²) in [7, 11) is 1.77. The molecule has 17 heavy (non-hydrogen) atoms. The van der Waals surface area contributed by atoms with Gasteiger partial charge in [-0.25, -0.2) is 0 Å². The zero-order valence-corrected chi connectivity index (χ0v) is 12.3. The molecule has 2 unspecified atom stereocenters. The molecule has 0 bridgehead atoms. The number of thioether (sulfide) groups is 1. The van der Waals surface area contributed by atoms with Crippen molar-refractivity contribution in [2.75, 3.05) is 44.9 Å². The SMILES string of the molecule is COCCN(CC(C)C)C(CN)C1CCSC1. The van der Waals surface area contributed by atoms with Crippen molar-refractivity contribution in [3.63, 3.8) is 0 Å². The third-order valence-corrected chi connectivity index (χ3v) is 4.59. The summed E-state index contributed by atoms with van der Waals surface area (Å²) in [5, 5.41) is 0. The van der Waals surface area contributed by atoms with E-state index in [1.165, 1.54) is 17.9 Å². The maximum atomic E-state index is 6.01. The van der Waals surface area contributed by atoms with E-state index in [1.54, 1.807) is 7.11 Å². The zero-order chi connectivity index (χ0) is 12.7. The minimum absolute atomic E-state index is 0.544. The summed E-state index contributed by atoms with van der Waals surface area (Å²) in [5.41, 5.74) is 6.01. The predicted molar refractivity (Wildman–Crippen MR) is 76.6 cm³/mol. The summed E-state index contributed by atoms with van der Waals surface area (Å²) in [6.07, 6.45) is 1.33. The lowest BCUT2D eigenvalue weighted by molar-refractivity contribution is 0.0914. The molecule has 0 radical (unpaired) electrons. The number of hydrogen-bond acceptors (Lipinski definition) is 4. The summed E-state index contributed by atoms with van der Waals surface area (Å²) in [4.78, 5) is 2.55. The fourth-order valence-electron chi connectivity index (χ4n) is 2.57. The van der Waals surface area contributed by atoms with Gasteiger partial charge in [0.1, 0.15) is 0 Å². The Bertz CT molecular complexity index is 196. The first-order valence-corrected chi connectivity index (χ1v) is 7.85. The van der Waals surface area contributed by atoms with Crippen molar-refractivity contribution in [2.45, 2.75) is 26.3 Å². The van der Waals surface area contributed by atoms with Crippen LogP contribution in [0.5, 0.6) is 0 Å². The molecular formula is C13H28N2OS. The molecule has 1 fully saturated rings. The van der Waals surface area contributed by atoms with E-state index in [-0.39, 0.29) is 0 Å². The standard InChI is InChI=1S/C13H28N2OS/c1-11(2)9-15(5-6-16-3)13(8-14)12-4-7-17-10-12/h11-13H,4-10,14H2,1-3H3. The predicted octanol–water partition coefficient (Wildman–Crippen LogP) is 1.67. The molecule has 4 heteroatoms. The van der Waals surface area contributed by atoms with Gasteiger partial charge in [-0.2, -0.15) is 11.8 Å². The number of nitrogens with two attached hydrogens (primary N) is 1. The second-order valence-corrected chi connectivity index (χ2v) is 6.46. The van der Waals surface area contributed by atoms with Gasteiger partial charge in [0.2, 0.25) is 0 Å². The molecule has 1 aliphatic rings. The number of nitrogens with zero attached hydrogens (tertiary/aromatic N) is 1. The van der Waals surface area contributed by atoms with Crippen LogP contribution in [0.4, 0.5) is 0 Å². The van der Waals surface area contributed by atoms with Crippen LogP contribution >= 0.6 is 11.8 Å². The van der Waals surface area contributed by atoms with E-state index in [1.807, 2.05) is 0 Å². The van der Waals surface area contributed by atoms with Gasteiger partial charge in [0.25, 0.3) is 0 Å². The Morgan fingerprint density at radius 1 is 1.47 bits per heavy atom. The molecule has 0 spiro atoms.